The lowest BCUT2D eigenvalue weighted by molar-refractivity contribution is 0.136. The number of hydrogen-bond acceptors (Lipinski definition) is 1. The Morgan fingerprint density at radius 3 is 2.30 bits per heavy atom. The molecular formula is C7H15ClFN. The first-order valence-corrected chi connectivity index (χ1v) is 3.50. The Morgan fingerprint density at radius 1 is 1.50 bits per heavy atom. The van der Waals surface area contributed by atoms with E-state index in [1.165, 1.54) is 0 Å². The average molecular weight is 168 g/mol. The number of rotatable bonds is 1. The van der Waals surface area contributed by atoms with Crippen LogP contribution in [0.4, 0.5) is 4.39 Å². The molecule has 0 aromatic carbocycles. The zero-order valence-corrected chi connectivity index (χ0v) is 7.30. The molecule has 0 amide bonds. The van der Waals surface area contributed by atoms with Gasteiger partial charge in [0, 0.05) is 12.5 Å². The molecule has 1 saturated heterocycles. The van der Waals surface area contributed by atoms with Gasteiger partial charge in [-0.2, -0.15) is 0 Å². The summed E-state index contributed by atoms with van der Waals surface area (Å²) in [6, 6.07) is 0. The molecule has 0 aliphatic carbocycles. The number of nitrogens with one attached hydrogen (secondary N) is 1. The van der Waals surface area contributed by atoms with Gasteiger partial charge >= 0.3 is 0 Å². The van der Waals surface area contributed by atoms with Crippen LogP contribution in [0.2, 0.25) is 0 Å². The maximum atomic E-state index is 13.1. The Bertz CT molecular complexity index is 94.3. The predicted octanol–water partition coefficient (Wildman–Crippen LogP) is 1.77. The zero-order valence-electron chi connectivity index (χ0n) is 6.48. The van der Waals surface area contributed by atoms with E-state index in [0.29, 0.717) is 0 Å². The molecular weight excluding hydrogens is 153 g/mol. The van der Waals surface area contributed by atoms with Crippen molar-refractivity contribution in [1.82, 2.24) is 5.32 Å². The Morgan fingerprint density at radius 2 is 2.10 bits per heavy atom. The Kier molecular flexibility index (Phi) is 3.60. The van der Waals surface area contributed by atoms with Gasteiger partial charge in [0.25, 0.3) is 0 Å². The molecule has 0 saturated carbocycles. The van der Waals surface area contributed by atoms with Gasteiger partial charge in [0.2, 0.25) is 0 Å². The number of alkyl halides is 1. The summed E-state index contributed by atoms with van der Waals surface area (Å²) >= 11 is 0. The summed E-state index contributed by atoms with van der Waals surface area (Å²) in [6.07, 6.45) is 0.990. The maximum absolute atomic E-state index is 13.1. The van der Waals surface area contributed by atoms with E-state index >= 15 is 0 Å². The monoisotopic (exact) mass is 167 g/mol. The number of hydrogen-bond donors (Lipinski definition) is 1. The predicted molar refractivity (Wildman–Crippen MR) is 43.4 cm³/mol. The van der Waals surface area contributed by atoms with Crippen LogP contribution in [0.3, 0.4) is 0 Å². The van der Waals surface area contributed by atoms with Crippen LogP contribution in [-0.2, 0) is 0 Å². The summed E-state index contributed by atoms with van der Waals surface area (Å²) in [4.78, 5) is 0. The van der Waals surface area contributed by atoms with Crippen LogP contribution in [0.1, 0.15) is 20.3 Å². The molecule has 1 N–H and O–H groups in total. The minimum Gasteiger partial charge on any atom is -0.316 e. The molecule has 1 nitrogen and oxygen atoms in total. The van der Waals surface area contributed by atoms with E-state index in [0.717, 1.165) is 19.5 Å². The molecule has 1 unspecified atom stereocenters. The quantitative estimate of drug-likeness (QED) is 0.628. The lowest BCUT2D eigenvalue weighted by atomic mass is 9.92. The van der Waals surface area contributed by atoms with Crippen LogP contribution >= 0.6 is 12.4 Å². The molecule has 1 heterocycles. The van der Waals surface area contributed by atoms with Crippen molar-refractivity contribution < 1.29 is 4.39 Å². The second-order valence-electron chi connectivity index (χ2n) is 3.25. The summed E-state index contributed by atoms with van der Waals surface area (Å²) in [7, 11) is 0. The van der Waals surface area contributed by atoms with E-state index < -0.39 is 5.67 Å². The Labute approximate surface area is 67.8 Å². The van der Waals surface area contributed by atoms with Crippen molar-refractivity contribution in [2.24, 2.45) is 5.92 Å². The third-order valence-electron chi connectivity index (χ3n) is 2.03. The summed E-state index contributed by atoms with van der Waals surface area (Å²) in [5, 5.41) is 3.14. The van der Waals surface area contributed by atoms with Crippen molar-refractivity contribution >= 4 is 12.4 Å². The molecule has 1 aliphatic heterocycles. The van der Waals surface area contributed by atoms with Gasteiger partial charge in [-0.05, 0) is 26.8 Å². The first kappa shape index (κ1) is 10.2. The SMILES string of the molecule is CC(C)(F)C1CCNC1.Cl. The average Bonchev–Trinajstić information content (AvgIpc) is 2.08. The van der Waals surface area contributed by atoms with Crippen molar-refractivity contribution in [2.45, 2.75) is 25.9 Å². The molecule has 10 heavy (non-hydrogen) atoms. The second kappa shape index (κ2) is 3.54. The van der Waals surface area contributed by atoms with E-state index in [2.05, 4.69) is 5.32 Å². The number of halogens is 2. The van der Waals surface area contributed by atoms with E-state index in [9.17, 15) is 4.39 Å². The minimum atomic E-state index is -0.983. The standard InChI is InChI=1S/C7H14FN.ClH/c1-7(2,8)6-3-4-9-5-6;/h6,9H,3-5H2,1-2H3;1H. The van der Waals surface area contributed by atoms with Crippen molar-refractivity contribution in [2.75, 3.05) is 13.1 Å². The largest absolute Gasteiger partial charge is 0.316 e. The van der Waals surface area contributed by atoms with Gasteiger partial charge in [-0.25, -0.2) is 4.39 Å². The van der Waals surface area contributed by atoms with Crippen molar-refractivity contribution in [1.29, 1.82) is 0 Å². The highest BCUT2D eigenvalue weighted by molar-refractivity contribution is 5.85. The molecule has 0 bridgehead atoms. The van der Waals surface area contributed by atoms with Crippen molar-refractivity contribution in [3.63, 3.8) is 0 Å². The molecule has 62 valence electrons. The van der Waals surface area contributed by atoms with Gasteiger partial charge < -0.3 is 5.32 Å². The fourth-order valence-corrected chi connectivity index (χ4v) is 1.24. The summed E-state index contributed by atoms with van der Waals surface area (Å²) in [5.41, 5.74) is -0.983. The van der Waals surface area contributed by atoms with Gasteiger partial charge in [0.15, 0.2) is 0 Å². The lowest BCUT2D eigenvalue weighted by Crippen LogP contribution is -2.27. The molecule has 0 aromatic heterocycles. The van der Waals surface area contributed by atoms with Crippen LogP contribution in [0.25, 0.3) is 0 Å². The minimum absolute atomic E-state index is 0. The van der Waals surface area contributed by atoms with E-state index in [1.807, 2.05) is 0 Å². The van der Waals surface area contributed by atoms with Crippen LogP contribution in [-0.4, -0.2) is 18.8 Å². The molecule has 1 fully saturated rings. The smallest absolute Gasteiger partial charge is 0.109 e. The van der Waals surface area contributed by atoms with Crippen molar-refractivity contribution in [3.05, 3.63) is 0 Å². The molecule has 3 heteroatoms. The van der Waals surface area contributed by atoms with Crippen LogP contribution < -0.4 is 5.32 Å². The fraction of sp³-hybridized carbons (Fsp3) is 1.00. The fourth-order valence-electron chi connectivity index (χ4n) is 1.24. The topological polar surface area (TPSA) is 12.0 Å². The molecule has 0 aromatic rings. The first-order valence-electron chi connectivity index (χ1n) is 3.50. The van der Waals surface area contributed by atoms with E-state index in [4.69, 9.17) is 0 Å². The zero-order chi connectivity index (χ0) is 6.91. The highest BCUT2D eigenvalue weighted by atomic mass is 35.5. The third kappa shape index (κ3) is 2.43. The molecule has 1 rings (SSSR count). The van der Waals surface area contributed by atoms with Gasteiger partial charge in [0.1, 0.15) is 5.67 Å². The van der Waals surface area contributed by atoms with Gasteiger partial charge in [-0.1, -0.05) is 0 Å². The van der Waals surface area contributed by atoms with Crippen LogP contribution in [0, 0.1) is 5.92 Å². The normalized spacial score (nSPS) is 26.1. The summed E-state index contributed by atoms with van der Waals surface area (Å²) in [5.74, 6) is 0.234. The Balaban J connectivity index is 0.000000810. The van der Waals surface area contributed by atoms with Gasteiger partial charge in [0.05, 0.1) is 0 Å². The lowest BCUT2D eigenvalue weighted by Gasteiger charge is -2.20. The highest BCUT2D eigenvalue weighted by Gasteiger charge is 2.30. The molecule has 0 spiro atoms. The maximum Gasteiger partial charge on any atom is 0.109 e. The van der Waals surface area contributed by atoms with Gasteiger partial charge in [-0.3, -0.25) is 0 Å². The molecule has 1 atom stereocenters. The molecule has 0 radical (unpaired) electrons. The third-order valence-corrected chi connectivity index (χ3v) is 2.03. The van der Waals surface area contributed by atoms with Crippen molar-refractivity contribution in [3.8, 4) is 0 Å². The van der Waals surface area contributed by atoms with Crippen LogP contribution in [0.15, 0.2) is 0 Å². The summed E-state index contributed by atoms with van der Waals surface area (Å²) in [6.45, 7) is 5.15. The molecule has 1 aliphatic rings. The van der Waals surface area contributed by atoms with E-state index in [1.54, 1.807) is 13.8 Å². The van der Waals surface area contributed by atoms with Crippen LogP contribution in [0.5, 0.6) is 0 Å². The Hall–Kier alpha value is 0.180. The highest BCUT2D eigenvalue weighted by Crippen LogP contribution is 2.25. The summed E-state index contributed by atoms with van der Waals surface area (Å²) < 4.78 is 13.1. The van der Waals surface area contributed by atoms with E-state index in [-0.39, 0.29) is 18.3 Å². The first-order chi connectivity index (χ1) is 4.11. The second-order valence-corrected chi connectivity index (χ2v) is 3.25. The van der Waals surface area contributed by atoms with Gasteiger partial charge in [-0.15, -0.1) is 12.4 Å².